The highest BCUT2D eigenvalue weighted by atomic mass is 16.1. The van der Waals surface area contributed by atoms with Gasteiger partial charge in [0, 0.05) is 5.69 Å². The predicted octanol–water partition coefficient (Wildman–Crippen LogP) is 1.86. The third-order valence-corrected chi connectivity index (χ3v) is 3.89. The summed E-state index contributed by atoms with van der Waals surface area (Å²) >= 11 is 0. The lowest BCUT2D eigenvalue weighted by Gasteiger charge is -2.28. The van der Waals surface area contributed by atoms with Gasteiger partial charge in [-0.05, 0) is 64.5 Å². The van der Waals surface area contributed by atoms with Gasteiger partial charge in [0.05, 0.1) is 6.54 Å². The van der Waals surface area contributed by atoms with E-state index in [1.54, 1.807) is 0 Å². The maximum absolute atomic E-state index is 11.8. The van der Waals surface area contributed by atoms with E-state index >= 15 is 0 Å². The lowest BCUT2D eigenvalue weighted by Crippen LogP contribution is -2.37. The normalized spacial score (nSPS) is 17.1. The van der Waals surface area contributed by atoms with Crippen LogP contribution in [0.4, 0.5) is 5.69 Å². The van der Waals surface area contributed by atoms with E-state index in [9.17, 15) is 4.79 Å². The molecule has 0 aliphatic carbocycles. The second-order valence-corrected chi connectivity index (χ2v) is 5.79. The molecule has 20 heavy (non-hydrogen) atoms. The van der Waals surface area contributed by atoms with Crippen molar-refractivity contribution in [1.29, 1.82) is 0 Å². The number of amides is 1. The predicted molar refractivity (Wildman–Crippen MR) is 82.9 cm³/mol. The van der Waals surface area contributed by atoms with Gasteiger partial charge in [-0.25, -0.2) is 0 Å². The van der Waals surface area contributed by atoms with E-state index in [2.05, 4.69) is 22.6 Å². The quantitative estimate of drug-likeness (QED) is 0.862. The number of carbonyl (C=O) groups is 1. The molecular formula is C16H25N3O. The third kappa shape index (κ3) is 4.94. The molecular weight excluding hydrogens is 250 g/mol. The van der Waals surface area contributed by atoms with E-state index in [-0.39, 0.29) is 5.91 Å². The number of piperidine rings is 1. The minimum atomic E-state index is 0.0294. The fourth-order valence-electron chi connectivity index (χ4n) is 2.50. The van der Waals surface area contributed by atoms with Crippen LogP contribution in [0.2, 0.25) is 0 Å². The Bertz CT molecular complexity index is 422. The van der Waals surface area contributed by atoms with Gasteiger partial charge in [0.25, 0.3) is 0 Å². The Morgan fingerprint density at radius 3 is 2.55 bits per heavy atom. The molecule has 4 heteroatoms. The van der Waals surface area contributed by atoms with Gasteiger partial charge in [-0.2, -0.15) is 0 Å². The highest BCUT2D eigenvalue weighted by Gasteiger charge is 2.16. The highest BCUT2D eigenvalue weighted by molar-refractivity contribution is 5.92. The smallest absolute Gasteiger partial charge is 0.238 e. The molecule has 1 aromatic rings. The van der Waals surface area contributed by atoms with Gasteiger partial charge in [-0.15, -0.1) is 0 Å². The Labute approximate surface area is 121 Å². The summed E-state index contributed by atoms with van der Waals surface area (Å²) in [5.74, 6) is 0.736. The molecule has 0 radical (unpaired) electrons. The summed E-state index contributed by atoms with van der Waals surface area (Å²) in [5.41, 5.74) is 2.06. The Balaban J connectivity index is 1.64. The Hall–Kier alpha value is -1.39. The first-order valence-electron chi connectivity index (χ1n) is 7.39. The second-order valence-electron chi connectivity index (χ2n) is 5.79. The van der Waals surface area contributed by atoms with E-state index in [4.69, 9.17) is 0 Å². The number of hydrogen-bond donors (Lipinski definition) is 2. The molecule has 1 saturated heterocycles. The summed E-state index contributed by atoms with van der Waals surface area (Å²) in [4.78, 5) is 14.2. The number of carbonyl (C=O) groups excluding carboxylic acids is 1. The van der Waals surface area contributed by atoms with Gasteiger partial charge >= 0.3 is 0 Å². The van der Waals surface area contributed by atoms with Crippen LogP contribution in [0.15, 0.2) is 24.3 Å². The molecule has 1 aliphatic rings. The fourth-order valence-corrected chi connectivity index (χ4v) is 2.50. The second kappa shape index (κ2) is 7.41. The van der Waals surface area contributed by atoms with E-state index in [0.29, 0.717) is 12.5 Å². The molecule has 0 aromatic heterocycles. The van der Waals surface area contributed by atoms with Crippen LogP contribution in [0.5, 0.6) is 0 Å². The van der Waals surface area contributed by atoms with Crippen LogP contribution < -0.4 is 10.6 Å². The number of rotatable bonds is 5. The molecule has 110 valence electrons. The van der Waals surface area contributed by atoms with Crippen molar-refractivity contribution < 1.29 is 4.79 Å². The van der Waals surface area contributed by atoms with Crippen LogP contribution in [0.1, 0.15) is 18.4 Å². The fraction of sp³-hybridized carbons (Fsp3) is 0.562. The van der Waals surface area contributed by atoms with Gasteiger partial charge in [-0.3, -0.25) is 4.79 Å². The number of benzene rings is 1. The lowest BCUT2D eigenvalue weighted by atomic mass is 9.97. The van der Waals surface area contributed by atoms with Crippen LogP contribution in [-0.4, -0.2) is 44.0 Å². The maximum Gasteiger partial charge on any atom is 0.238 e. The number of aryl methyl sites for hydroxylation is 1. The largest absolute Gasteiger partial charge is 0.325 e. The minimum absolute atomic E-state index is 0.0294. The first-order valence-corrected chi connectivity index (χ1v) is 7.39. The maximum atomic E-state index is 11.8. The van der Waals surface area contributed by atoms with E-state index < -0.39 is 0 Å². The zero-order valence-electron chi connectivity index (χ0n) is 12.5. The molecule has 0 spiro atoms. The summed E-state index contributed by atoms with van der Waals surface area (Å²) in [5, 5.41) is 6.18. The molecule has 1 heterocycles. The molecule has 1 aliphatic heterocycles. The molecule has 1 amide bonds. The third-order valence-electron chi connectivity index (χ3n) is 3.89. The SMILES string of the molecule is Cc1ccc(NC(=O)CNCC2CCN(C)CC2)cc1. The first-order chi connectivity index (χ1) is 9.63. The van der Waals surface area contributed by atoms with Crippen LogP contribution in [0, 0.1) is 12.8 Å². The Morgan fingerprint density at radius 1 is 1.25 bits per heavy atom. The molecule has 0 atom stereocenters. The summed E-state index contributed by atoms with van der Waals surface area (Å²) in [7, 11) is 2.17. The molecule has 0 saturated carbocycles. The average Bonchev–Trinajstić information content (AvgIpc) is 2.44. The van der Waals surface area contributed by atoms with Gasteiger partial charge in [-0.1, -0.05) is 17.7 Å². The lowest BCUT2D eigenvalue weighted by molar-refractivity contribution is -0.115. The van der Waals surface area contributed by atoms with Crippen molar-refractivity contribution in [3.8, 4) is 0 Å². The van der Waals surface area contributed by atoms with Crippen molar-refractivity contribution in [2.75, 3.05) is 38.5 Å². The van der Waals surface area contributed by atoms with Gasteiger partial charge in [0.1, 0.15) is 0 Å². The van der Waals surface area contributed by atoms with Crippen LogP contribution in [-0.2, 0) is 4.79 Å². The summed E-state index contributed by atoms with van der Waals surface area (Å²) in [6.45, 7) is 5.70. The van der Waals surface area contributed by atoms with Crippen molar-refractivity contribution in [1.82, 2.24) is 10.2 Å². The molecule has 1 fully saturated rings. The molecule has 2 N–H and O–H groups in total. The number of nitrogens with zero attached hydrogens (tertiary/aromatic N) is 1. The van der Waals surface area contributed by atoms with Crippen LogP contribution in [0.25, 0.3) is 0 Å². The standard InChI is InChI=1S/C16H25N3O/c1-13-3-5-15(6-4-13)18-16(20)12-17-11-14-7-9-19(2)10-8-14/h3-6,14,17H,7-12H2,1-2H3,(H,18,20). The number of anilines is 1. The molecule has 2 rings (SSSR count). The van der Waals surface area contributed by atoms with Crippen LogP contribution >= 0.6 is 0 Å². The molecule has 4 nitrogen and oxygen atoms in total. The molecule has 0 bridgehead atoms. The van der Waals surface area contributed by atoms with Crippen molar-refractivity contribution in [3.05, 3.63) is 29.8 Å². The summed E-state index contributed by atoms with van der Waals surface area (Å²) < 4.78 is 0. The van der Waals surface area contributed by atoms with Crippen molar-refractivity contribution in [3.63, 3.8) is 0 Å². The molecule has 1 aromatic carbocycles. The van der Waals surface area contributed by atoms with Gasteiger partial charge < -0.3 is 15.5 Å². The van der Waals surface area contributed by atoms with Crippen LogP contribution in [0.3, 0.4) is 0 Å². The Morgan fingerprint density at radius 2 is 1.90 bits per heavy atom. The van der Waals surface area contributed by atoms with E-state index in [0.717, 1.165) is 12.2 Å². The van der Waals surface area contributed by atoms with E-state index in [1.165, 1.54) is 31.5 Å². The topological polar surface area (TPSA) is 44.4 Å². The highest BCUT2D eigenvalue weighted by Crippen LogP contribution is 2.14. The molecule has 0 unspecified atom stereocenters. The van der Waals surface area contributed by atoms with Gasteiger partial charge in [0.2, 0.25) is 5.91 Å². The zero-order valence-corrected chi connectivity index (χ0v) is 12.5. The van der Waals surface area contributed by atoms with Crippen molar-refractivity contribution in [2.45, 2.75) is 19.8 Å². The first kappa shape index (κ1) is 15.0. The van der Waals surface area contributed by atoms with Gasteiger partial charge in [0.15, 0.2) is 0 Å². The Kier molecular flexibility index (Phi) is 5.56. The van der Waals surface area contributed by atoms with E-state index in [1.807, 2.05) is 31.2 Å². The minimum Gasteiger partial charge on any atom is -0.325 e. The number of hydrogen-bond acceptors (Lipinski definition) is 3. The number of likely N-dealkylation sites (tertiary alicyclic amines) is 1. The van der Waals surface area contributed by atoms with Crippen molar-refractivity contribution in [2.24, 2.45) is 5.92 Å². The number of nitrogens with one attached hydrogen (secondary N) is 2. The monoisotopic (exact) mass is 275 g/mol. The van der Waals surface area contributed by atoms with Crippen molar-refractivity contribution >= 4 is 11.6 Å². The average molecular weight is 275 g/mol. The zero-order chi connectivity index (χ0) is 14.4. The summed E-state index contributed by atoms with van der Waals surface area (Å²) in [6.07, 6.45) is 2.45. The summed E-state index contributed by atoms with van der Waals surface area (Å²) in [6, 6.07) is 7.87.